The Morgan fingerprint density at radius 2 is 2.03 bits per heavy atom. The van der Waals surface area contributed by atoms with E-state index in [0.717, 1.165) is 0 Å². The molecule has 3 aromatic rings. The summed E-state index contributed by atoms with van der Waals surface area (Å²) in [6.07, 6.45) is 2.08. The molecule has 5 rings (SSSR count). The van der Waals surface area contributed by atoms with Crippen molar-refractivity contribution in [3.8, 4) is 17.6 Å². The van der Waals surface area contributed by atoms with E-state index in [1.165, 1.54) is 10.8 Å². The number of hydrogen-bond acceptors (Lipinski definition) is 5. The number of aromatic hydroxyl groups is 1. The van der Waals surface area contributed by atoms with Crippen molar-refractivity contribution in [3.63, 3.8) is 0 Å². The first kappa shape index (κ1) is 17.5. The van der Waals surface area contributed by atoms with Crippen LogP contribution in [0.2, 0.25) is 0 Å². The smallest absolute Gasteiger partial charge is 0.336 e. The molecule has 1 amide bonds. The molecule has 0 aliphatic carbocycles. The highest BCUT2D eigenvalue weighted by atomic mass is 16.3. The van der Waals surface area contributed by atoms with Crippen molar-refractivity contribution >= 4 is 16.7 Å². The van der Waals surface area contributed by atoms with Crippen molar-refractivity contribution in [2.24, 2.45) is 5.92 Å². The number of likely N-dealkylation sites (tertiary alicyclic amines) is 1. The van der Waals surface area contributed by atoms with Gasteiger partial charge in [0.2, 0.25) is 11.8 Å². The minimum atomic E-state index is -0.349. The lowest BCUT2D eigenvalue weighted by molar-refractivity contribution is -0.136. The van der Waals surface area contributed by atoms with Crippen LogP contribution >= 0.6 is 0 Å². The summed E-state index contributed by atoms with van der Waals surface area (Å²) in [6, 6.07) is 8.78. The summed E-state index contributed by atoms with van der Waals surface area (Å²) in [6.45, 7) is 4.17. The lowest BCUT2D eigenvalue weighted by Gasteiger charge is -2.29. The normalized spacial score (nSPS) is 19.7. The number of amides is 1. The van der Waals surface area contributed by atoms with Gasteiger partial charge in [-0.2, -0.15) is 5.26 Å². The summed E-state index contributed by atoms with van der Waals surface area (Å²) < 4.78 is 2.85. The molecule has 1 fully saturated rings. The van der Waals surface area contributed by atoms with Crippen LogP contribution in [0.15, 0.2) is 35.3 Å². The van der Waals surface area contributed by atoms with E-state index >= 15 is 0 Å². The Morgan fingerprint density at radius 1 is 1.31 bits per heavy atom. The van der Waals surface area contributed by atoms with Crippen molar-refractivity contribution in [3.05, 3.63) is 52.3 Å². The highest BCUT2D eigenvalue weighted by Gasteiger charge is 2.49. The maximum atomic E-state index is 13.3. The molecule has 8 heteroatoms. The fraction of sp³-hybridized carbons (Fsp3) is 0.333. The predicted octanol–water partition coefficient (Wildman–Crippen LogP) is 2.25. The van der Waals surface area contributed by atoms with E-state index in [9.17, 15) is 20.0 Å². The largest absolute Gasteiger partial charge is 0.493 e. The topological polar surface area (TPSA) is 104 Å². The van der Waals surface area contributed by atoms with E-state index in [1.807, 2.05) is 19.9 Å². The summed E-state index contributed by atoms with van der Waals surface area (Å²) in [4.78, 5) is 31.8. The molecule has 2 aliphatic rings. The van der Waals surface area contributed by atoms with E-state index in [1.54, 1.807) is 27.7 Å². The summed E-state index contributed by atoms with van der Waals surface area (Å²) >= 11 is 0. The fourth-order valence-electron chi connectivity index (χ4n) is 4.68. The van der Waals surface area contributed by atoms with Gasteiger partial charge in [-0.05, 0) is 6.42 Å². The Balaban J connectivity index is 1.72. The third-order valence-corrected chi connectivity index (χ3v) is 5.96. The number of carbonyl (C=O) groups is 1. The molecule has 0 radical (unpaired) electrons. The molecule has 146 valence electrons. The molecule has 4 heterocycles. The molecule has 0 saturated carbocycles. The Kier molecular flexibility index (Phi) is 3.59. The quantitative estimate of drug-likeness (QED) is 0.724. The van der Waals surface area contributed by atoms with Crippen LogP contribution in [-0.4, -0.2) is 36.6 Å². The zero-order chi connectivity index (χ0) is 20.4. The van der Waals surface area contributed by atoms with Crippen molar-refractivity contribution in [2.45, 2.75) is 32.4 Å². The van der Waals surface area contributed by atoms with Crippen LogP contribution in [0.5, 0.6) is 5.88 Å². The second-order valence-electron chi connectivity index (χ2n) is 7.90. The van der Waals surface area contributed by atoms with E-state index in [2.05, 4.69) is 11.1 Å². The maximum absolute atomic E-state index is 13.3. The third-order valence-electron chi connectivity index (χ3n) is 5.96. The summed E-state index contributed by atoms with van der Waals surface area (Å²) in [7, 11) is 0. The first-order valence-corrected chi connectivity index (χ1v) is 9.58. The molecule has 2 aliphatic heterocycles. The molecule has 2 aromatic heterocycles. The lowest BCUT2D eigenvalue weighted by Crippen LogP contribution is -2.39. The average Bonchev–Trinajstić information content (AvgIpc) is 3.38. The minimum Gasteiger partial charge on any atom is -0.493 e. The molecule has 29 heavy (non-hydrogen) atoms. The number of rotatable bonds is 2. The SMILES string of the molecule is CC(C)C(=O)N1C[C@H]2CC1c1c(O)n(-c3cnc(C#N)c4ccccc34)c(=O)n12. The number of imidazole rings is 1. The van der Waals surface area contributed by atoms with Crippen LogP contribution in [0.25, 0.3) is 16.5 Å². The van der Waals surface area contributed by atoms with Gasteiger partial charge in [-0.3, -0.25) is 9.36 Å². The van der Waals surface area contributed by atoms with Crippen LogP contribution < -0.4 is 5.69 Å². The molecular formula is C21H19N5O3. The van der Waals surface area contributed by atoms with E-state index in [4.69, 9.17) is 0 Å². The van der Waals surface area contributed by atoms with Gasteiger partial charge >= 0.3 is 5.69 Å². The molecule has 2 atom stereocenters. The molecule has 1 unspecified atom stereocenters. The number of hydrogen-bond donors (Lipinski definition) is 1. The van der Waals surface area contributed by atoms with E-state index in [0.29, 0.717) is 35.1 Å². The number of fused-ring (bicyclic) bond motifs is 6. The van der Waals surface area contributed by atoms with Gasteiger partial charge < -0.3 is 10.0 Å². The third kappa shape index (κ3) is 2.21. The molecular weight excluding hydrogens is 370 g/mol. The van der Waals surface area contributed by atoms with Crippen molar-refractivity contribution in [1.29, 1.82) is 5.26 Å². The molecule has 8 nitrogen and oxygen atoms in total. The molecule has 1 aromatic carbocycles. The number of nitriles is 1. The highest BCUT2D eigenvalue weighted by Crippen LogP contribution is 2.49. The van der Waals surface area contributed by atoms with Gasteiger partial charge in [-0.25, -0.2) is 14.3 Å². The zero-order valence-electron chi connectivity index (χ0n) is 16.0. The standard InChI is InChI=1S/C21H19N5O3/c1-11(2)19(27)24-10-12-7-16(24)18-20(28)26(21(29)25(12)18)17-9-23-15(8-22)13-5-3-4-6-14(13)17/h3-6,9,11-12,16,28H,7,10H2,1-2H3/t12-,16?/m1/s1. The number of nitrogens with zero attached hydrogens (tertiary/aromatic N) is 5. The van der Waals surface area contributed by atoms with Gasteiger partial charge in [0.1, 0.15) is 17.5 Å². The van der Waals surface area contributed by atoms with E-state index in [-0.39, 0.29) is 41.2 Å². The number of benzene rings is 1. The Labute approximate surface area is 166 Å². The van der Waals surface area contributed by atoms with Gasteiger partial charge in [0.25, 0.3) is 0 Å². The van der Waals surface area contributed by atoms with Gasteiger partial charge in [-0.1, -0.05) is 38.1 Å². The average molecular weight is 389 g/mol. The Bertz CT molecular complexity index is 1280. The Hall–Kier alpha value is -3.60. The van der Waals surface area contributed by atoms with Gasteiger partial charge in [-0.15, -0.1) is 0 Å². The van der Waals surface area contributed by atoms with Crippen LogP contribution in [0.4, 0.5) is 0 Å². The zero-order valence-corrected chi connectivity index (χ0v) is 16.0. The van der Waals surface area contributed by atoms with Gasteiger partial charge in [0.05, 0.1) is 24.0 Å². The lowest BCUT2D eigenvalue weighted by atomic mass is 10.1. The second kappa shape index (κ2) is 5.95. The summed E-state index contributed by atoms with van der Waals surface area (Å²) in [5, 5.41) is 21.6. The van der Waals surface area contributed by atoms with E-state index < -0.39 is 0 Å². The maximum Gasteiger partial charge on any atom is 0.336 e. The number of carbonyl (C=O) groups excluding carboxylic acids is 1. The molecule has 2 bridgehead atoms. The fourth-order valence-corrected chi connectivity index (χ4v) is 4.68. The van der Waals surface area contributed by atoms with Crippen molar-refractivity contribution < 1.29 is 9.90 Å². The molecule has 1 saturated heterocycles. The highest BCUT2D eigenvalue weighted by molar-refractivity contribution is 5.93. The van der Waals surface area contributed by atoms with Gasteiger partial charge in [0.15, 0.2) is 0 Å². The number of aromatic nitrogens is 3. The number of pyridine rings is 1. The summed E-state index contributed by atoms with van der Waals surface area (Å²) in [5.74, 6) is -0.292. The van der Waals surface area contributed by atoms with Gasteiger partial charge in [0, 0.05) is 23.2 Å². The first-order chi connectivity index (χ1) is 13.9. The van der Waals surface area contributed by atoms with Crippen LogP contribution in [-0.2, 0) is 4.79 Å². The van der Waals surface area contributed by atoms with Crippen molar-refractivity contribution in [2.75, 3.05) is 6.54 Å². The molecule has 1 N–H and O–H groups in total. The second-order valence-corrected chi connectivity index (χ2v) is 7.90. The van der Waals surface area contributed by atoms with Crippen LogP contribution in [0.1, 0.15) is 43.7 Å². The van der Waals surface area contributed by atoms with Crippen LogP contribution in [0.3, 0.4) is 0 Å². The Morgan fingerprint density at radius 3 is 2.72 bits per heavy atom. The summed E-state index contributed by atoms with van der Waals surface area (Å²) in [5.41, 5.74) is 0.814. The van der Waals surface area contributed by atoms with Crippen molar-refractivity contribution in [1.82, 2.24) is 19.0 Å². The predicted molar refractivity (Wildman–Crippen MR) is 105 cm³/mol. The van der Waals surface area contributed by atoms with Crippen LogP contribution in [0, 0.1) is 17.2 Å². The minimum absolute atomic E-state index is 0.0221. The molecule has 0 spiro atoms. The first-order valence-electron chi connectivity index (χ1n) is 9.58. The monoisotopic (exact) mass is 389 g/mol.